The maximum Gasteiger partial charge on any atom is 0.276 e. The number of carbonyl (C=O) groups excluding carboxylic acids is 1. The topological polar surface area (TPSA) is 73.2 Å². The number of thiophene rings is 1. The van der Waals surface area contributed by atoms with E-state index in [-0.39, 0.29) is 17.2 Å². The third kappa shape index (κ3) is 4.46. The molecule has 0 aliphatic heterocycles. The van der Waals surface area contributed by atoms with Crippen molar-refractivity contribution >= 4 is 56.5 Å². The van der Waals surface area contributed by atoms with Gasteiger partial charge in [-0.1, -0.05) is 41.6 Å². The Morgan fingerprint density at radius 2 is 2.03 bits per heavy atom. The van der Waals surface area contributed by atoms with Crippen LogP contribution in [0.2, 0.25) is 5.02 Å². The molecule has 0 unspecified atom stereocenters. The third-order valence-electron chi connectivity index (χ3n) is 4.55. The number of thioether (sulfide) groups is 1. The summed E-state index contributed by atoms with van der Waals surface area (Å²) < 4.78 is 7.44. The molecule has 158 valence electrons. The molecule has 9 heteroatoms. The van der Waals surface area contributed by atoms with Crippen molar-refractivity contribution in [2.45, 2.75) is 12.1 Å². The zero-order valence-electron chi connectivity index (χ0n) is 16.7. The number of methoxy groups -OCH3 is 1. The summed E-state index contributed by atoms with van der Waals surface area (Å²) in [5.41, 5.74) is 2.54. The summed E-state index contributed by atoms with van der Waals surface area (Å²) in [6.07, 6.45) is 0. The first kappa shape index (κ1) is 21.4. The molecular formula is C22H18ClN3O3S2. The van der Waals surface area contributed by atoms with Crippen LogP contribution in [0.15, 0.2) is 63.9 Å². The van der Waals surface area contributed by atoms with Crippen LogP contribution in [-0.4, -0.2) is 28.3 Å². The van der Waals surface area contributed by atoms with Crippen molar-refractivity contribution < 1.29 is 9.53 Å². The largest absolute Gasteiger partial charge is 0.495 e. The Kier molecular flexibility index (Phi) is 6.31. The van der Waals surface area contributed by atoms with Gasteiger partial charge in [-0.3, -0.25) is 14.2 Å². The van der Waals surface area contributed by atoms with E-state index in [4.69, 9.17) is 16.3 Å². The van der Waals surface area contributed by atoms with Crippen LogP contribution in [0.25, 0.3) is 15.9 Å². The number of fused-ring (bicyclic) bond motifs is 1. The van der Waals surface area contributed by atoms with Crippen molar-refractivity contribution in [2.24, 2.45) is 0 Å². The zero-order valence-corrected chi connectivity index (χ0v) is 19.1. The van der Waals surface area contributed by atoms with Crippen LogP contribution < -0.4 is 15.6 Å². The van der Waals surface area contributed by atoms with Gasteiger partial charge in [0, 0.05) is 11.1 Å². The molecule has 31 heavy (non-hydrogen) atoms. The first-order chi connectivity index (χ1) is 15.0. The average molecular weight is 472 g/mol. The molecule has 0 aliphatic rings. The normalized spacial score (nSPS) is 10.9. The highest BCUT2D eigenvalue weighted by Gasteiger charge is 2.16. The van der Waals surface area contributed by atoms with Gasteiger partial charge in [0.1, 0.15) is 10.4 Å². The van der Waals surface area contributed by atoms with Crippen LogP contribution >= 0.6 is 34.7 Å². The number of amides is 1. The number of ether oxygens (including phenoxy) is 1. The number of carbonyl (C=O) groups is 1. The minimum atomic E-state index is -0.246. The second kappa shape index (κ2) is 9.13. The molecule has 4 aromatic rings. The van der Waals surface area contributed by atoms with E-state index < -0.39 is 0 Å². The van der Waals surface area contributed by atoms with Gasteiger partial charge in [-0.25, -0.2) is 4.98 Å². The van der Waals surface area contributed by atoms with Crippen LogP contribution in [-0.2, 0) is 4.79 Å². The van der Waals surface area contributed by atoms with Gasteiger partial charge in [-0.2, -0.15) is 0 Å². The van der Waals surface area contributed by atoms with Crippen LogP contribution in [0.1, 0.15) is 5.56 Å². The van der Waals surface area contributed by atoms with Crippen molar-refractivity contribution in [2.75, 3.05) is 18.2 Å². The lowest BCUT2D eigenvalue weighted by Gasteiger charge is -2.13. The third-order valence-corrected chi connectivity index (χ3v) is 6.79. The van der Waals surface area contributed by atoms with Crippen molar-refractivity contribution in [3.05, 3.63) is 74.9 Å². The summed E-state index contributed by atoms with van der Waals surface area (Å²) in [6.45, 7) is 1.85. The summed E-state index contributed by atoms with van der Waals surface area (Å²) in [6, 6.07) is 14.5. The highest BCUT2D eigenvalue weighted by molar-refractivity contribution is 7.99. The molecule has 0 bridgehead atoms. The van der Waals surface area contributed by atoms with E-state index in [1.54, 1.807) is 16.7 Å². The zero-order chi connectivity index (χ0) is 22.0. The number of benzene rings is 2. The maximum atomic E-state index is 13.1. The van der Waals surface area contributed by atoms with E-state index in [1.807, 2.05) is 48.7 Å². The molecule has 0 fully saturated rings. The van der Waals surface area contributed by atoms with Crippen LogP contribution in [0.4, 0.5) is 5.69 Å². The predicted molar refractivity (Wildman–Crippen MR) is 127 cm³/mol. The second-order valence-electron chi connectivity index (χ2n) is 6.64. The molecule has 0 atom stereocenters. The first-order valence-corrected chi connectivity index (χ1v) is 11.5. The van der Waals surface area contributed by atoms with Gasteiger partial charge in [0.25, 0.3) is 5.56 Å². The number of aryl methyl sites for hydroxylation is 1. The number of nitrogens with zero attached hydrogens (tertiary/aromatic N) is 2. The number of aromatic nitrogens is 2. The molecule has 0 aliphatic carbocycles. The minimum absolute atomic E-state index is 0.0692. The van der Waals surface area contributed by atoms with Crippen LogP contribution in [0.5, 0.6) is 5.75 Å². The number of para-hydroxylation sites is 1. The van der Waals surface area contributed by atoms with E-state index >= 15 is 0 Å². The molecule has 2 aromatic heterocycles. The Balaban J connectivity index is 1.62. The van der Waals surface area contributed by atoms with E-state index in [2.05, 4.69) is 10.3 Å². The van der Waals surface area contributed by atoms with Crippen LogP contribution in [0, 0.1) is 6.92 Å². The summed E-state index contributed by atoms with van der Waals surface area (Å²) in [5, 5.41) is 5.70. The summed E-state index contributed by atoms with van der Waals surface area (Å²) in [5.74, 6) is 0.303. The molecule has 4 rings (SSSR count). The lowest BCUT2D eigenvalue weighted by Crippen LogP contribution is -2.22. The Hall–Kier alpha value is -2.81. The maximum absolute atomic E-state index is 13.1. The van der Waals surface area contributed by atoms with Gasteiger partial charge in [0.2, 0.25) is 5.91 Å². The first-order valence-electron chi connectivity index (χ1n) is 9.30. The number of halogens is 1. The molecular weight excluding hydrogens is 454 g/mol. The molecule has 0 radical (unpaired) electrons. The molecule has 2 heterocycles. The van der Waals surface area contributed by atoms with E-state index in [1.165, 1.54) is 30.2 Å². The Labute approximate surface area is 191 Å². The Morgan fingerprint density at radius 1 is 1.26 bits per heavy atom. The Bertz CT molecular complexity index is 1320. The average Bonchev–Trinajstić information content (AvgIpc) is 3.24. The molecule has 0 saturated carbocycles. The van der Waals surface area contributed by atoms with Crippen LogP contribution in [0.3, 0.4) is 0 Å². The van der Waals surface area contributed by atoms with Gasteiger partial charge in [-0.05, 0) is 42.1 Å². The SMILES string of the molecule is COc1cc(Cl)c(C)cc1NC(=O)CSc1nc2ccsc2c(=O)n1-c1ccccc1. The fourth-order valence-corrected chi connectivity index (χ4v) is 4.77. The van der Waals surface area contributed by atoms with Crippen molar-refractivity contribution in [1.82, 2.24) is 9.55 Å². The van der Waals surface area contributed by atoms with E-state index in [9.17, 15) is 9.59 Å². The monoisotopic (exact) mass is 471 g/mol. The Morgan fingerprint density at radius 3 is 2.77 bits per heavy atom. The summed E-state index contributed by atoms with van der Waals surface area (Å²) in [7, 11) is 1.52. The summed E-state index contributed by atoms with van der Waals surface area (Å²) >= 11 is 8.69. The lowest BCUT2D eigenvalue weighted by atomic mass is 10.2. The quantitative estimate of drug-likeness (QED) is 0.311. The lowest BCUT2D eigenvalue weighted by molar-refractivity contribution is -0.113. The van der Waals surface area contributed by atoms with E-state index in [0.29, 0.717) is 37.5 Å². The highest BCUT2D eigenvalue weighted by atomic mass is 35.5. The van der Waals surface area contributed by atoms with Crippen molar-refractivity contribution in [1.29, 1.82) is 0 Å². The van der Waals surface area contributed by atoms with Crippen molar-refractivity contribution in [3.8, 4) is 11.4 Å². The molecule has 0 saturated heterocycles. The predicted octanol–water partition coefficient (Wildman–Crippen LogP) is 5.15. The number of hydrogen-bond acceptors (Lipinski definition) is 6. The van der Waals surface area contributed by atoms with E-state index in [0.717, 1.165) is 5.56 Å². The minimum Gasteiger partial charge on any atom is -0.495 e. The van der Waals surface area contributed by atoms with Gasteiger partial charge < -0.3 is 10.1 Å². The number of hydrogen-bond donors (Lipinski definition) is 1. The molecule has 0 spiro atoms. The number of anilines is 1. The van der Waals surface area contributed by atoms with Crippen molar-refractivity contribution in [3.63, 3.8) is 0 Å². The van der Waals surface area contributed by atoms with Gasteiger partial charge in [-0.15, -0.1) is 11.3 Å². The molecule has 1 amide bonds. The van der Waals surface area contributed by atoms with Gasteiger partial charge >= 0.3 is 0 Å². The fourth-order valence-electron chi connectivity index (χ4n) is 3.04. The number of nitrogens with one attached hydrogen (secondary N) is 1. The second-order valence-corrected chi connectivity index (χ2v) is 8.91. The standard InChI is InChI=1S/C22H18ClN3O3S2/c1-13-10-17(18(29-2)11-15(13)23)24-19(27)12-31-22-25-16-8-9-30-20(16)21(28)26(22)14-6-4-3-5-7-14/h3-11H,12H2,1-2H3,(H,24,27). The van der Waals surface area contributed by atoms with Gasteiger partial charge in [0.05, 0.1) is 29.8 Å². The molecule has 1 N–H and O–H groups in total. The summed E-state index contributed by atoms with van der Waals surface area (Å²) in [4.78, 5) is 30.4. The van der Waals surface area contributed by atoms with Gasteiger partial charge in [0.15, 0.2) is 5.16 Å². The fraction of sp³-hybridized carbons (Fsp3) is 0.136. The highest BCUT2D eigenvalue weighted by Crippen LogP contribution is 2.31. The number of rotatable bonds is 6. The smallest absolute Gasteiger partial charge is 0.276 e. The molecule has 6 nitrogen and oxygen atoms in total. The molecule has 2 aromatic carbocycles.